The number of nitrogens with zero attached hydrogens (tertiary/aromatic N) is 3. The summed E-state index contributed by atoms with van der Waals surface area (Å²) in [6.07, 6.45) is 1.91. The van der Waals surface area contributed by atoms with Gasteiger partial charge in [-0.25, -0.2) is 9.78 Å². The van der Waals surface area contributed by atoms with E-state index in [1.807, 2.05) is 24.3 Å². The highest BCUT2D eigenvalue weighted by atomic mass is 16.5. The molecule has 0 bridgehead atoms. The van der Waals surface area contributed by atoms with Gasteiger partial charge in [-0.1, -0.05) is 58.0 Å². The largest absolute Gasteiger partial charge is 0.492 e. The summed E-state index contributed by atoms with van der Waals surface area (Å²) in [6, 6.07) is 22.4. The molecule has 3 aromatic carbocycles. The maximum atomic E-state index is 12.5. The molecule has 234 valence electrons. The second-order valence-electron chi connectivity index (χ2n) is 13.7. The number of hydrogen-bond donors (Lipinski definition) is 3. The first-order chi connectivity index (χ1) is 21.0. The van der Waals surface area contributed by atoms with E-state index in [1.165, 1.54) is 11.3 Å². The van der Waals surface area contributed by atoms with E-state index < -0.39 is 0 Å². The van der Waals surface area contributed by atoms with Crippen molar-refractivity contribution in [1.29, 1.82) is 0 Å². The molecule has 0 saturated carbocycles. The zero-order chi connectivity index (χ0) is 31.3. The van der Waals surface area contributed by atoms with Gasteiger partial charge in [-0.2, -0.15) is 0 Å². The summed E-state index contributed by atoms with van der Waals surface area (Å²) < 4.78 is 6.03. The number of anilines is 2. The standard InChI is InChI=1S/C36H48N6O2/c1-7-26-11-13-27(14-12-26)33-38-30-9-8-10-31(32(30)39-33)42-21-19-41(20-22-42)23-24-44-29-17-15-28(16-18-29)37-34(43)40-36(5,6)25-35(2,3)4/h8-18H,7,19-25H2,1-6H3,(H,38,39)(H2,37,40,43). The van der Waals surface area contributed by atoms with E-state index in [0.29, 0.717) is 6.61 Å². The molecule has 8 nitrogen and oxygen atoms in total. The molecule has 0 radical (unpaired) electrons. The normalized spacial score (nSPS) is 14.5. The van der Waals surface area contributed by atoms with Crippen molar-refractivity contribution in [2.75, 3.05) is 49.5 Å². The third-order valence-electron chi connectivity index (χ3n) is 8.05. The molecule has 5 rings (SSSR count). The fraction of sp³-hybridized carbons (Fsp3) is 0.444. The van der Waals surface area contributed by atoms with Crippen LogP contribution in [-0.4, -0.2) is 65.8 Å². The topological polar surface area (TPSA) is 85.5 Å². The minimum absolute atomic E-state index is 0.129. The van der Waals surface area contributed by atoms with Gasteiger partial charge in [0.2, 0.25) is 0 Å². The minimum atomic E-state index is -0.298. The van der Waals surface area contributed by atoms with Gasteiger partial charge >= 0.3 is 6.03 Å². The summed E-state index contributed by atoms with van der Waals surface area (Å²) in [5, 5.41) is 6.02. The number of fused-ring (bicyclic) bond motifs is 1. The Morgan fingerprint density at radius 2 is 1.64 bits per heavy atom. The Balaban J connectivity index is 1.08. The molecule has 0 atom stereocenters. The average Bonchev–Trinajstić information content (AvgIpc) is 3.42. The zero-order valence-corrected chi connectivity index (χ0v) is 27.2. The molecule has 3 N–H and O–H groups in total. The molecule has 4 aromatic rings. The van der Waals surface area contributed by atoms with Crippen LogP contribution in [-0.2, 0) is 6.42 Å². The van der Waals surface area contributed by atoms with Crippen molar-refractivity contribution in [2.24, 2.45) is 5.41 Å². The van der Waals surface area contributed by atoms with Crippen LogP contribution in [0.1, 0.15) is 53.5 Å². The van der Waals surface area contributed by atoms with E-state index in [4.69, 9.17) is 9.72 Å². The number of aromatic amines is 1. The first kappa shape index (κ1) is 31.4. The van der Waals surface area contributed by atoms with Gasteiger partial charge in [0, 0.05) is 49.5 Å². The van der Waals surface area contributed by atoms with Crippen LogP contribution in [0.5, 0.6) is 5.75 Å². The molecule has 2 heterocycles. The summed E-state index contributed by atoms with van der Waals surface area (Å²) >= 11 is 0. The Kier molecular flexibility index (Phi) is 9.49. The lowest BCUT2D eigenvalue weighted by atomic mass is 9.82. The Morgan fingerprint density at radius 3 is 2.30 bits per heavy atom. The number of amides is 2. The van der Waals surface area contributed by atoms with E-state index in [-0.39, 0.29) is 17.0 Å². The van der Waals surface area contributed by atoms with Crippen LogP contribution in [0, 0.1) is 5.41 Å². The molecule has 0 unspecified atom stereocenters. The Morgan fingerprint density at radius 1 is 0.932 bits per heavy atom. The zero-order valence-electron chi connectivity index (χ0n) is 27.2. The number of benzene rings is 3. The number of aryl methyl sites for hydroxylation is 1. The molecule has 1 aromatic heterocycles. The minimum Gasteiger partial charge on any atom is -0.492 e. The number of piperazine rings is 1. The molecule has 1 aliphatic heterocycles. The summed E-state index contributed by atoms with van der Waals surface area (Å²) in [5.41, 5.74) is 6.30. The molecule has 0 spiro atoms. The summed E-state index contributed by atoms with van der Waals surface area (Å²) in [7, 11) is 0. The number of para-hydroxylation sites is 1. The highest BCUT2D eigenvalue weighted by Gasteiger charge is 2.27. The van der Waals surface area contributed by atoms with E-state index in [2.05, 4.69) is 109 Å². The second kappa shape index (κ2) is 13.3. The fourth-order valence-electron chi connectivity index (χ4n) is 6.29. The van der Waals surface area contributed by atoms with Gasteiger partial charge in [0.15, 0.2) is 0 Å². The summed E-state index contributed by atoms with van der Waals surface area (Å²) in [4.78, 5) is 26.0. The first-order valence-electron chi connectivity index (χ1n) is 15.9. The highest BCUT2D eigenvalue weighted by molar-refractivity contribution is 5.91. The van der Waals surface area contributed by atoms with Gasteiger partial charge in [-0.05, 0) is 74.1 Å². The SMILES string of the molecule is CCc1ccc(-c2nc3c(N4CCN(CCOc5ccc(NC(=O)NC(C)(C)CC(C)(C)C)cc5)CC4)cccc3[nH]2)cc1. The number of carbonyl (C=O) groups excluding carboxylic acids is 1. The van der Waals surface area contributed by atoms with Crippen LogP contribution in [0.2, 0.25) is 0 Å². The average molecular weight is 597 g/mol. The number of hydrogen-bond acceptors (Lipinski definition) is 5. The highest BCUT2D eigenvalue weighted by Crippen LogP contribution is 2.30. The molecule has 0 aliphatic carbocycles. The molecule has 1 saturated heterocycles. The van der Waals surface area contributed by atoms with Crippen molar-refractivity contribution in [2.45, 2.75) is 59.9 Å². The van der Waals surface area contributed by atoms with E-state index in [1.54, 1.807) is 0 Å². The number of nitrogens with one attached hydrogen (secondary N) is 3. The van der Waals surface area contributed by atoms with E-state index in [0.717, 1.165) is 79.4 Å². The molecule has 1 fully saturated rings. The number of carbonyl (C=O) groups is 1. The molecule has 1 aliphatic rings. The van der Waals surface area contributed by atoms with Crippen molar-refractivity contribution in [3.63, 3.8) is 0 Å². The van der Waals surface area contributed by atoms with Gasteiger partial charge in [-0.15, -0.1) is 0 Å². The number of aromatic nitrogens is 2. The summed E-state index contributed by atoms with van der Waals surface area (Å²) in [6.45, 7) is 18.1. The number of ether oxygens (including phenoxy) is 1. The monoisotopic (exact) mass is 596 g/mol. The third kappa shape index (κ3) is 8.32. The predicted molar refractivity (Wildman–Crippen MR) is 182 cm³/mol. The van der Waals surface area contributed by atoms with Gasteiger partial charge in [-0.3, -0.25) is 4.90 Å². The van der Waals surface area contributed by atoms with Crippen molar-refractivity contribution in [1.82, 2.24) is 20.2 Å². The molecule has 44 heavy (non-hydrogen) atoms. The van der Waals surface area contributed by atoms with Gasteiger partial charge in [0.1, 0.15) is 23.7 Å². The second-order valence-corrected chi connectivity index (χ2v) is 13.7. The first-order valence-corrected chi connectivity index (χ1v) is 15.9. The van der Waals surface area contributed by atoms with Crippen LogP contribution in [0.15, 0.2) is 66.7 Å². The predicted octanol–water partition coefficient (Wildman–Crippen LogP) is 7.33. The Hall–Kier alpha value is -4.04. The molecule has 2 amide bonds. The molecular weight excluding hydrogens is 548 g/mol. The number of H-pyrrole nitrogens is 1. The summed E-state index contributed by atoms with van der Waals surface area (Å²) in [5.74, 6) is 1.71. The van der Waals surface area contributed by atoms with Crippen LogP contribution in [0.3, 0.4) is 0 Å². The van der Waals surface area contributed by atoms with E-state index in [9.17, 15) is 4.79 Å². The molecular formula is C36H48N6O2. The van der Waals surface area contributed by atoms with E-state index >= 15 is 0 Å². The lowest BCUT2D eigenvalue weighted by Crippen LogP contribution is -2.47. The van der Waals surface area contributed by atoms with Crippen molar-refractivity contribution >= 4 is 28.4 Å². The third-order valence-corrected chi connectivity index (χ3v) is 8.05. The van der Waals surface area contributed by atoms with Crippen LogP contribution < -0.4 is 20.3 Å². The lowest BCUT2D eigenvalue weighted by Gasteiger charge is -2.36. The smallest absolute Gasteiger partial charge is 0.319 e. The van der Waals surface area contributed by atoms with Crippen molar-refractivity contribution in [3.8, 4) is 17.1 Å². The van der Waals surface area contributed by atoms with Crippen molar-refractivity contribution < 1.29 is 9.53 Å². The fourth-order valence-corrected chi connectivity index (χ4v) is 6.29. The maximum Gasteiger partial charge on any atom is 0.319 e. The van der Waals surface area contributed by atoms with Gasteiger partial charge in [0.25, 0.3) is 0 Å². The Labute approximate surface area is 262 Å². The van der Waals surface area contributed by atoms with Gasteiger partial charge in [0.05, 0.1) is 11.2 Å². The lowest BCUT2D eigenvalue weighted by molar-refractivity contribution is 0.200. The van der Waals surface area contributed by atoms with Crippen LogP contribution in [0.25, 0.3) is 22.4 Å². The molecule has 8 heteroatoms. The maximum absolute atomic E-state index is 12.5. The number of urea groups is 1. The number of imidazole rings is 1. The van der Waals surface area contributed by atoms with Gasteiger partial charge < -0.3 is 25.3 Å². The van der Waals surface area contributed by atoms with Crippen molar-refractivity contribution in [3.05, 3.63) is 72.3 Å². The Bertz CT molecular complexity index is 1530. The van der Waals surface area contributed by atoms with Crippen LogP contribution in [0.4, 0.5) is 16.2 Å². The van der Waals surface area contributed by atoms with Crippen LogP contribution >= 0.6 is 0 Å². The quantitative estimate of drug-likeness (QED) is 0.179. The number of rotatable bonds is 10.